The van der Waals surface area contributed by atoms with Gasteiger partial charge in [-0.15, -0.1) is 0 Å². The predicted octanol–water partition coefficient (Wildman–Crippen LogP) is 2.88. The average molecular weight is 301 g/mol. The van der Waals surface area contributed by atoms with Crippen LogP contribution in [0.2, 0.25) is 0 Å². The molecular weight excluding hydrogens is 274 g/mol. The number of amides is 1. The van der Waals surface area contributed by atoms with Gasteiger partial charge in [0.2, 0.25) is 0 Å². The van der Waals surface area contributed by atoms with Crippen LogP contribution < -0.4 is 5.73 Å². The van der Waals surface area contributed by atoms with Crippen molar-refractivity contribution < 1.29 is 4.79 Å². The Kier molecular flexibility index (Phi) is 4.98. The van der Waals surface area contributed by atoms with Gasteiger partial charge in [0.05, 0.1) is 0 Å². The SMILES string of the molecule is Nc1cc(C(=O)N2CCCCCC2)ccc1CN1CCCC1. The lowest BCUT2D eigenvalue weighted by atomic mass is 10.1. The van der Waals surface area contributed by atoms with Gasteiger partial charge in [-0.25, -0.2) is 0 Å². The van der Waals surface area contributed by atoms with E-state index in [1.807, 2.05) is 23.1 Å². The number of benzene rings is 1. The molecule has 120 valence electrons. The monoisotopic (exact) mass is 301 g/mol. The van der Waals surface area contributed by atoms with Crippen molar-refractivity contribution in [3.8, 4) is 0 Å². The van der Waals surface area contributed by atoms with E-state index in [-0.39, 0.29) is 5.91 Å². The summed E-state index contributed by atoms with van der Waals surface area (Å²) < 4.78 is 0. The molecule has 2 fully saturated rings. The van der Waals surface area contributed by atoms with Gasteiger partial charge in [0.15, 0.2) is 0 Å². The number of nitrogens with two attached hydrogens (primary N) is 1. The molecule has 4 heteroatoms. The highest BCUT2D eigenvalue weighted by molar-refractivity contribution is 5.95. The van der Waals surface area contributed by atoms with Gasteiger partial charge in [-0.3, -0.25) is 9.69 Å². The lowest BCUT2D eigenvalue weighted by molar-refractivity contribution is 0.0761. The van der Waals surface area contributed by atoms with Gasteiger partial charge >= 0.3 is 0 Å². The number of carbonyl (C=O) groups is 1. The molecular formula is C18H27N3O. The van der Waals surface area contributed by atoms with Crippen molar-refractivity contribution in [3.63, 3.8) is 0 Å². The van der Waals surface area contributed by atoms with E-state index < -0.39 is 0 Å². The number of hydrogen-bond acceptors (Lipinski definition) is 3. The fraction of sp³-hybridized carbons (Fsp3) is 0.611. The van der Waals surface area contributed by atoms with Gasteiger partial charge in [-0.2, -0.15) is 0 Å². The number of hydrogen-bond donors (Lipinski definition) is 1. The number of nitrogens with zero attached hydrogens (tertiary/aromatic N) is 2. The van der Waals surface area contributed by atoms with Crippen LogP contribution in [0, 0.1) is 0 Å². The first kappa shape index (κ1) is 15.3. The zero-order valence-corrected chi connectivity index (χ0v) is 13.4. The van der Waals surface area contributed by atoms with Crippen LogP contribution in [0.15, 0.2) is 18.2 Å². The fourth-order valence-corrected chi connectivity index (χ4v) is 3.51. The maximum atomic E-state index is 12.6. The number of rotatable bonds is 3. The number of likely N-dealkylation sites (tertiary alicyclic amines) is 2. The molecule has 1 amide bonds. The zero-order valence-electron chi connectivity index (χ0n) is 13.4. The molecule has 3 rings (SSSR count). The Labute approximate surface area is 133 Å². The summed E-state index contributed by atoms with van der Waals surface area (Å²) in [6, 6.07) is 5.87. The molecule has 0 spiro atoms. The molecule has 2 N–H and O–H groups in total. The molecule has 1 aromatic carbocycles. The van der Waals surface area contributed by atoms with Crippen molar-refractivity contribution in [1.29, 1.82) is 0 Å². The third kappa shape index (κ3) is 3.61. The van der Waals surface area contributed by atoms with Crippen molar-refractivity contribution >= 4 is 11.6 Å². The zero-order chi connectivity index (χ0) is 15.4. The quantitative estimate of drug-likeness (QED) is 0.873. The Hall–Kier alpha value is -1.55. The minimum atomic E-state index is 0.140. The van der Waals surface area contributed by atoms with Crippen molar-refractivity contribution in [2.75, 3.05) is 31.9 Å². The Bertz CT molecular complexity index is 515. The molecule has 2 saturated heterocycles. The largest absolute Gasteiger partial charge is 0.398 e. The summed E-state index contributed by atoms with van der Waals surface area (Å²) in [5.41, 5.74) is 8.85. The third-order valence-corrected chi connectivity index (χ3v) is 4.88. The molecule has 0 aliphatic carbocycles. The van der Waals surface area contributed by atoms with Gasteiger partial charge in [-0.1, -0.05) is 18.9 Å². The smallest absolute Gasteiger partial charge is 0.253 e. The standard InChI is InChI=1S/C18H27N3O/c19-17-13-15(18(22)21-11-3-1-2-4-12-21)7-8-16(17)14-20-9-5-6-10-20/h7-8,13H,1-6,9-12,14,19H2. The van der Waals surface area contributed by atoms with Crippen molar-refractivity contribution in [2.45, 2.75) is 45.1 Å². The maximum absolute atomic E-state index is 12.6. The Morgan fingerprint density at radius 1 is 0.955 bits per heavy atom. The number of carbonyl (C=O) groups excluding carboxylic acids is 1. The van der Waals surface area contributed by atoms with Crippen molar-refractivity contribution in [1.82, 2.24) is 9.80 Å². The van der Waals surface area contributed by atoms with Crippen LogP contribution in [-0.4, -0.2) is 41.9 Å². The second kappa shape index (κ2) is 7.14. The van der Waals surface area contributed by atoms with Gasteiger partial charge in [0.1, 0.15) is 0 Å². The molecule has 0 aromatic heterocycles. The van der Waals surface area contributed by atoms with E-state index in [1.54, 1.807) is 0 Å². The molecule has 0 saturated carbocycles. The first-order valence-corrected chi connectivity index (χ1v) is 8.64. The summed E-state index contributed by atoms with van der Waals surface area (Å²) in [4.78, 5) is 17.0. The summed E-state index contributed by atoms with van der Waals surface area (Å²) in [6.07, 6.45) is 7.28. The summed E-state index contributed by atoms with van der Waals surface area (Å²) in [5, 5.41) is 0. The van der Waals surface area contributed by atoms with Gasteiger partial charge in [0.25, 0.3) is 5.91 Å². The van der Waals surface area contributed by atoms with E-state index in [4.69, 9.17) is 5.73 Å². The lowest BCUT2D eigenvalue weighted by Gasteiger charge is -2.21. The summed E-state index contributed by atoms with van der Waals surface area (Å²) in [5.74, 6) is 0.140. The Morgan fingerprint density at radius 3 is 2.23 bits per heavy atom. The lowest BCUT2D eigenvalue weighted by Crippen LogP contribution is -2.32. The van der Waals surface area contributed by atoms with E-state index in [9.17, 15) is 4.79 Å². The minimum Gasteiger partial charge on any atom is -0.398 e. The summed E-state index contributed by atoms with van der Waals surface area (Å²) >= 11 is 0. The van der Waals surface area contributed by atoms with Gasteiger partial charge < -0.3 is 10.6 Å². The molecule has 2 heterocycles. The second-order valence-electron chi connectivity index (χ2n) is 6.60. The van der Waals surface area contributed by atoms with Crippen LogP contribution in [0.4, 0.5) is 5.69 Å². The molecule has 0 radical (unpaired) electrons. The second-order valence-corrected chi connectivity index (χ2v) is 6.60. The van der Waals surface area contributed by atoms with Crippen LogP contribution in [0.1, 0.15) is 54.4 Å². The van der Waals surface area contributed by atoms with Crippen LogP contribution in [0.3, 0.4) is 0 Å². The van der Waals surface area contributed by atoms with Crippen LogP contribution in [0.25, 0.3) is 0 Å². The summed E-state index contributed by atoms with van der Waals surface area (Å²) in [7, 11) is 0. The van der Waals surface area contributed by atoms with Crippen molar-refractivity contribution in [2.24, 2.45) is 0 Å². The Morgan fingerprint density at radius 2 is 1.59 bits per heavy atom. The van der Waals surface area contributed by atoms with E-state index in [0.717, 1.165) is 62.4 Å². The summed E-state index contributed by atoms with van der Waals surface area (Å²) in [6.45, 7) is 4.99. The molecule has 0 bridgehead atoms. The molecule has 1 aromatic rings. The number of anilines is 1. The van der Waals surface area contributed by atoms with E-state index >= 15 is 0 Å². The van der Waals surface area contributed by atoms with Crippen LogP contribution in [-0.2, 0) is 6.54 Å². The van der Waals surface area contributed by atoms with Crippen LogP contribution >= 0.6 is 0 Å². The third-order valence-electron chi connectivity index (χ3n) is 4.88. The van der Waals surface area contributed by atoms with E-state index in [2.05, 4.69) is 4.90 Å². The van der Waals surface area contributed by atoms with Gasteiger partial charge in [-0.05, 0) is 56.5 Å². The number of nitrogen functional groups attached to an aromatic ring is 1. The van der Waals surface area contributed by atoms with E-state index in [1.165, 1.54) is 25.7 Å². The molecule has 4 nitrogen and oxygen atoms in total. The maximum Gasteiger partial charge on any atom is 0.253 e. The molecule has 2 aliphatic rings. The van der Waals surface area contributed by atoms with E-state index in [0.29, 0.717) is 0 Å². The predicted molar refractivity (Wildman–Crippen MR) is 89.7 cm³/mol. The fourth-order valence-electron chi connectivity index (χ4n) is 3.51. The first-order chi connectivity index (χ1) is 10.7. The topological polar surface area (TPSA) is 49.6 Å². The molecule has 2 aliphatic heterocycles. The highest BCUT2D eigenvalue weighted by Crippen LogP contribution is 2.21. The Balaban J connectivity index is 1.68. The van der Waals surface area contributed by atoms with Gasteiger partial charge in [0, 0.05) is 30.9 Å². The van der Waals surface area contributed by atoms with Crippen LogP contribution in [0.5, 0.6) is 0 Å². The van der Waals surface area contributed by atoms with Crippen molar-refractivity contribution in [3.05, 3.63) is 29.3 Å². The first-order valence-electron chi connectivity index (χ1n) is 8.64. The average Bonchev–Trinajstić information content (AvgIpc) is 2.88. The molecule has 0 unspecified atom stereocenters. The minimum absolute atomic E-state index is 0.140. The molecule has 0 atom stereocenters. The normalized spacial score (nSPS) is 20.1. The highest BCUT2D eigenvalue weighted by atomic mass is 16.2. The highest BCUT2D eigenvalue weighted by Gasteiger charge is 2.19. The molecule has 22 heavy (non-hydrogen) atoms.